The molecular weight excluding hydrogens is 334 g/mol. The zero-order valence-electron chi connectivity index (χ0n) is 14.7. The number of para-hydroxylation sites is 3. The van der Waals surface area contributed by atoms with Gasteiger partial charge in [-0.15, -0.1) is 0 Å². The van der Waals surface area contributed by atoms with E-state index < -0.39 is 0 Å². The number of fused-ring (bicyclic) bond motifs is 1. The molecule has 1 aliphatic rings. The molecule has 3 aromatic carbocycles. The molecule has 0 spiro atoms. The fourth-order valence-corrected chi connectivity index (χ4v) is 3.66. The Kier molecular flexibility index (Phi) is 3.75. The van der Waals surface area contributed by atoms with Crippen molar-refractivity contribution in [2.75, 3.05) is 5.32 Å². The summed E-state index contributed by atoms with van der Waals surface area (Å²) < 4.78 is 0. The number of anilines is 1. The molecule has 132 valence electrons. The van der Waals surface area contributed by atoms with Crippen LogP contribution in [0.3, 0.4) is 0 Å². The Labute approximate surface area is 157 Å². The third-order valence-corrected chi connectivity index (χ3v) is 5.18. The van der Waals surface area contributed by atoms with Crippen molar-refractivity contribution in [1.29, 1.82) is 0 Å². The summed E-state index contributed by atoms with van der Waals surface area (Å²) in [6.45, 7) is 0. The van der Waals surface area contributed by atoms with Crippen LogP contribution >= 0.6 is 0 Å². The Balaban J connectivity index is 1.39. The number of amides is 1. The van der Waals surface area contributed by atoms with Crippen LogP contribution in [0.15, 0.2) is 78.9 Å². The van der Waals surface area contributed by atoms with Gasteiger partial charge in [0.15, 0.2) is 0 Å². The zero-order valence-corrected chi connectivity index (χ0v) is 14.7. The van der Waals surface area contributed by atoms with Gasteiger partial charge in [-0.25, -0.2) is 4.98 Å². The van der Waals surface area contributed by atoms with Gasteiger partial charge in [0.05, 0.1) is 16.7 Å². The van der Waals surface area contributed by atoms with E-state index >= 15 is 0 Å². The van der Waals surface area contributed by atoms with Crippen molar-refractivity contribution in [2.45, 2.75) is 12.3 Å². The van der Waals surface area contributed by atoms with Gasteiger partial charge in [0.2, 0.25) is 5.91 Å². The maximum atomic E-state index is 12.8. The third kappa shape index (κ3) is 2.99. The lowest BCUT2D eigenvalue weighted by Crippen LogP contribution is -2.15. The first kappa shape index (κ1) is 15.8. The van der Waals surface area contributed by atoms with Crippen molar-refractivity contribution in [3.05, 3.63) is 84.4 Å². The van der Waals surface area contributed by atoms with Gasteiger partial charge in [-0.05, 0) is 42.2 Å². The molecule has 1 aliphatic carbocycles. The van der Waals surface area contributed by atoms with Gasteiger partial charge < -0.3 is 10.3 Å². The smallest absolute Gasteiger partial charge is 0.228 e. The molecule has 4 nitrogen and oxygen atoms in total. The van der Waals surface area contributed by atoms with Crippen LogP contribution in [0, 0.1) is 5.92 Å². The van der Waals surface area contributed by atoms with E-state index in [0.29, 0.717) is 5.92 Å². The first-order valence-electron chi connectivity index (χ1n) is 9.19. The van der Waals surface area contributed by atoms with Crippen molar-refractivity contribution in [3.8, 4) is 11.4 Å². The minimum absolute atomic E-state index is 0.0381. The summed E-state index contributed by atoms with van der Waals surface area (Å²) in [7, 11) is 0. The lowest BCUT2D eigenvalue weighted by atomic mass is 10.1. The first-order valence-corrected chi connectivity index (χ1v) is 9.19. The second-order valence-electron chi connectivity index (χ2n) is 7.00. The van der Waals surface area contributed by atoms with Crippen molar-refractivity contribution >= 4 is 22.6 Å². The molecule has 0 saturated heterocycles. The van der Waals surface area contributed by atoms with Crippen LogP contribution in [0.5, 0.6) is 0 Å². The molecule has 5 rings (SSSR count). The van der Waals surface area contributed by atoms with E-state index in [-0.39, 0.29) is 11.8 Å². The van der Waals surface area contributed by atoms with E-state index in [2.05, 4.69) is 27.4 Å². The number of nitrogens with one attached hydrogen (secondary N) is 2. The van der Waals surface area contributed by atoms with Gasteiger partial charge >= 0.3 is 0 Å². The summed E-state index contributed by atoms with van der Waals surface area (Å²) in [5, 5.41) is 3.12. The summed E-state index contributed by atoms with van der Waals surface area (Å²) in [5.74, 6) is 1.20. The van der Waals surface area contributed by atoms with E-state index in [9.17, 15) is 4.79 Å². The molecule has 1 heterocycles. The number of benzene rings is 3. The molecule has 1 amide bonds. The number of rotatable bonds is 4. The van der Waals surface area contributed by atoms with Crippen LogP contribution in [0.4, 0.5) is 5.69 Å². The molecule has 4 aromatic rings. The largest absolute Gasteiger partial charge is 0.338 e. The van der Waals surface area contributed by atoms with Gasteiger partial charge in [-0.2, -0.15) is 0 Å². The predicted molar refractivity (Wildman–Crippen MR) is 107 cm³/mol. The Morgan fingerprint density at radius 2 is 1.67 bits per heavy atom. The van der Waals surface area contributed by atoms with Crippen LogP contribution in [-0.4, -0.2) is 15.9 Å². The summed E-state index contributed by atoms with van der Waals surface area (Å²) >= 11 is 0. The SMILES string of the molecule is O=C(Nc1ccccc1-c1nc2ccccc2[nH]1)C1CC1c1ccccc1. The third-order valence-electron chi connectivity index (χ3n) is 5.18. The number of imidazole rings is 1. The summed E-state index contributed by atoms with van der Waals surface area (Å²) in [4.78, 5) is 20.8. The second kappa shape index (κ2) is 6.40. The van der Waals surface area contributed by atoms with E-state index in [0.717, 1.165) is 34.5 Å². The van der Waals surface area contributed by atoms with Gasteiger partial charge in [0, 0.05) is 11.5 Å². The molecule has 2 atom stereocenters. The highest BCUT2D eigenvalue weighted by Crippen LogP contribution is 2.48. The highest BCUT2D eigenvalue weighted by Gasteiger charge is 2.43. The predicted octanol–water partition coefficient (Wildman–Crippen LogP) is 4.97. The molecule has 1 saturated carbocycles. The number of aromatic nitrogens is 2. The first-order chi connectivity index (χ1) is 13.3. The van der Waals surface area contributed by atoms with E-state index in [1.165, 1.54) is 5.56 Å². The molecule has 2 unspecified atom stereocenters. The lowest BCUT2D eigenvalue weighted by Gasteiger charge is -2.09. The van der Waals surface area contributed by atoms with E-state index in [1.807, 2.05) is 66.7 Å². The topological polar surface area (TPSA) is 57.8 Å². The van der Waals surface area contributed by atoms with E-state index in [4.69, 9.17) is 0 Å². The Morgan fingerprint density at radius 1 is 0.926 bits per heavy atom. The summed E-state index contributed by atoms with van der Waals surface area (Å²) in [6, 6.07) is 26.0. The van der Waals surface area contributed by atoms with Crippen LogP contribution in [0.2, 0.25) is 0 Å². The maximum absolute atomic E-state index is 12.8. The number of hydrogen-bond acceptors (Lipinski definition) is 2. The van der Waals surface area contributed by atoms with Gasteiger partial charge in [0.1, 0.15) is 5.82 Å². The van der Waals surface area contributed by atoms with Gasteiger partial charge in [0.25, 0.3) is 0 Å². The summed E-state index contributed by atoms with van der Waals surface area (Å²) in [5.41, 5.74) is 4.84. The highest BCUT2D eigenvalue weighted by molar-refractivity contribution is 5.98. The molecule has 4 heteroatoms. The average Bonchev–Trinajstić information content (AvgIpc) is 3.41. The highest BCUT2D eigenvalue weighted by atomic mass is 16.2. The molecule has 0 bridgehead atoms. The van der Waals surface area contributed by atoms with Crippen molar-refractivity contribution < 1.29 is 4.79 Å². The molecule has 2 N–H and O–H groups in total. The van der Waals surface area contributed by atoms with Gasteiger partial charge in [-0.3, -0.25) is 4.79 Å². The molecule has 1 aromatic heterocycles. The van der Waals surface area contributed by atoms with Gasteiger partial charge in [-0.1, -0.05) is 54.6 Å². The maximum Gasteiger partial charge on any atom is 0.228 e. The number of hydrogen-bond donors (Lipinski definition) is 2. The second-order valence-corrected chi connectivity index (χ2v) is 7.00. The van der Waals surface area contributed by atoms with E-state index in [1.54, 1.807) is 0 Å². The minimum atomic E-state index is 0.0381. The van der Waals surface area contributed by atoms with Crippen molar-refractivity contribution in [3.63, 3.8) is 0 Å². The number of carbonyl (C=O) groups excluding carboxylic acids is 1. The number of carbonyl (C=O) groups is 1. The monoisotopic (exact) mass is 353 g/mol. The fraction of sp³-hybridized carbons (Fsp3) is 0.130. The van der Waals surface area contributed by atoms with Crippen LogP contribution in [0.1, 0.15) is 17.9 Å². The van der Waals surface area contributed by atoms with Crippen molar-refractivity contribution in [1.82, 2.24) is 9.97 Å². The molecular formula is C23H19N3O. The zero-order chi connectivity index (χ0) is 18.2. The quantitative estimate of drug-likeness (QED) is 0.544. The molecule has 0 radical (unpaired) electrons. The molecule has 0 aliphatic heterocycles. The van der Waals surface area contributed by atoms with Crippen molar-refractivity contribution in [2.24, 2.45) is 5.92 Å². The Bertz CT molecular complexity index is 1080. The normalized spacial score (nSPS) is 18.4. The summed E-state index contributed by atoms with van der Waals surface area (Å²) in [6.07, 6.45) is 0.905. The minimum Gasteiger partial charge on any atom is -0.338 e. The Hall–Kier alpha value is -3.40. The lowest BCUT2D eigenvalue weighted by molar-refractivity contribution is -0.117. The fourth-order valence-electron chi connectivity index (χ4n) is 3.66. The average molecular weight is 353 g/mol. The Morgan fingerprint density at radius 3 is 2.52 bits per heavy atom. The molecule has 27 heavy (non-hydrogen) atoms. The number of aromatic amines is 1. The van der Waals surface area contributed by atoms with Crippen LogP contribution < -0.4 is 5.32 Å². The standard InChI is InChI=1S/C23H19N3O/c27-23(18-14-17(18)15-8-2-1-3-9-15)26-19-11-5-4-10-16(19)22-24-20-12-6-7-13-21(20)25-22/h1-13,17-18H,14H2,(H,24,25)(H,26,27). The molecule has 1 fully saturated rings. The van der Waals surface area contributed by atoms with Crippen LogP contribution in [-0.2, 0) is 4.79 Å². The number of nitrogens with zero attached hydrogens (tertiary/aromatic N) is 1. The van der Waals surface area contributed by atoms with Crippen LogP contribution in [0.25, 0.3) is 22.4 Å². The number of H-pyrrole nitrogens is 1.